The molecule has 0 unspecified atom stereocenters. The first-order valence-electron chi connectivity index (χ1n) is 17.4. The fraction of sp³-hybridized carbons (Fsp3) is 0.385. The number of carbonyl (C=O) groups is 2. The Balaban J connectivity index is 1.40. The standard InChI is InChI=1S/C39H48N4O7S/c1-27-24-43(28(2)26-44)38(45)34-23-31(41-51(47,48)32-16-6-5-7-17-32)20-21-36(34)50-29(3)13-10-11-22-49-37(27)25-42(4)39(46)40-35-19-12-15-30-14-8-9-18-33(30)35/h5-9,12,14-21,23,27-29,37,41,44H,10-11,13,22,24-26H2,1-4H3,(H,40,46)/t27-,28-,29+,37+/m0/s1. The first kappa shape index (κ1) is 37.6. The van der Waals surface area contributed by atoms with Gasteiger partial charge in [0, 0.05) is 43.7 Å². The highest BCUT2D eigenvalue weighted by Gasteiger charge is 2.31. The summed E-state index contributed by atoms with van der Waals surface area (Å²) in [5, 5.41) is 15.3. The van der Waals surface area contributed by atoms with Crippen molar-refractivity contribution in [3.63, 3.8) is 0 Å². The van der Waals surface area contributed by atoms with Gasteiger partial charge in [0.15, 0.2) is 0 Å². The minimum atomic E-state index is -3.93. The van der Waals surface area contributed by atoms with Gasteiger partial charge >= 0.3 is 6.03 Å². The summed E-state index contributed by atoms with van der Waals surface area (Å²) >= 11 is 0. The second-order valence-electron chi connectivity index (χ2n) is 13.3. The topological polar surface area (TPSA) is 138 Å². The predicted octanol–water partition coefficient (Wildman–Crippen LogP) is 6.60. The molecular weight excluding hydrogens is 669 g/mol. The molecule has 1 aliphatic heterocycles. The van der Waals surface area contributed by atoms with Gasteiger partial charge in [-0.1, -0.05) is 61.5 Å². The number of urea groups is 1. The molecule has 3 amide bonds. The van der Waals surface area contributed by atoms with Gasteiger partial charge in [0.05, 0.1) is 41.0 Å². The third kappa shape index (κ3) is 9.57. The first-order chi connectivity index (χ1) is 24.5. The third-order valence-electron chi connectivity index (χ3n) is 9.19. The van der Waals surface area contributed by atoms with Crippen LogP contribution in [0, 0.1) is 5.92 Å². The average Bonchev–Trinajstić information content (AvgIpc) is 3.13. The number of benzene rings is 4. The lowest BCUT2D eigenvalue weighted by Gasteiger charge is -2.35. The maximum atomic E-state index is 14.4. The number of aliphatic hydroxyl groups excluding tert-OH is 1. The molecule has 5 rings (SSSR count). The monoisotopic (exact) mass is 716 g/mol. The Morgan fingerprint density at radius 3 is 2.49 bits per heavy atom. The van der Waals surface area contributed by atoms with E-state index in [-0.39, 0.29) is 53.9 Å². The lowest BCUT2D eigenvalue weighted by atomic mass is 10.0. The Labute approximate surface area is 300 Å². The predicted molar refractivity (Wildman–Crippen MR) is 200 cm³/mol. The number of likely N-dealkylation sites (N-methyl/N-ethyl adjacent to an activating group) is 1. The highest BCUT2D eigenvalue weighted by Crippen LogP contribution is 2.30. The highest BCUT2D eigenvalue weighted by molar-refractivity contribution is 7.92. The Hall–Kier alpha value is -4.65. The summed E-state index contributed by atoms with van der Waals surface area (Å²) in [5.41, 5.74) is 1.08. The van der Waals surface area contributed by atoms with E-state index < -0.39 is 28.1 Å². The lowest BCUT2D eigenvalue weighted by Crippen LogP contribution is -2.48. The number of fused-ring (bicyclic) bond motifs is 2. The van der Waals surface area contributed by atoms with E-state index in [1.807, 2.05) is 56.3 Å². The second kappa shape index (κ2) is 17.0. The van der Waals surface area contributed by atoms with E-state index in [9.17, 15) is 23.1 Å². The van der Waals surface area contributed by atoms with Crippen molar-refractivity contribution < 1.29 is 32.6 Å². The van der Waals surface area contributed by atoms with Crippen molar-refractivity contribution >= 4 is 44.1 Å². The molecule has 0 saturated carbocycles. The molecule has 0 aliphatic carbocycles. The van der Waals surface area contributed by atoms with Crippen LogP contribution in [0.3, 0.4) is 0 Å². The van der Waals surface area contributed by atoms with Crippen molar-refractivity contribution in [3.05, 3.63) is 96.6 Å². The van der Waals surface area contributed by atoms with Crippen LogP contribution in [0.25, 0.3) is 10.8 Å². The summed E-state index contributed by atoms with van der Waals surface area (Å²) in [4.78, 5) is 31.1. The molecule has 4 aromatic rings. The summed E-state index contributed by atoms with van der Waals surface area (Å²) in [7, 11) is -2.21. The molecule has 4 atom stereocenters. The summed E-state index contributed by atoms with van der Waals surface area (Å²) < 4.78 is 41.6. The van der Waals surface area contributed by atoms with Crippen molar-refractivity contribution in [2.24, 2.45) is 5.92 Å². The second-order valence-corrected chi connectivity index (χ2v) is 14.9. The van der Waals surface area contributed by atoms with Crippen LogP contribution in [0.1, 0.15) is 50.4 Å². The highest BCUT2D eigenvalue weighted by atomic mass is 32.2. The number of carbonyl (C=O) groups excluding carboxylic acids is 2. The largest absolute Gasteiger partial charge is 0.490 e. The number of sulfonamides is 1. The van der Waals surface area contributed by atoms with Gasteiger partial charge in [-0.05, 0) is 74.9 Å². The first-order valence-corrected chi connectivity index (χ1v) is 18.9. The van der Waals surface area contributed by atoms with Crippen molar-refractivity contribution in [1.29, 1.82) is 0 Å². The van der Waals surface area contributed by atoms with Crippen LogP contribution in [0.2, 0.25) is 0 Å². The number of aliphatic hydroxyl groups is 1. The van der Waals surface area contributed by atoms with E-state index in [1.165, 1.54) is 18.2 Å². The number of ether oxygens (including phenoxy) is 2. The minimum Gasteiger partial charge on any atom is -0.490 e. The molecule has 11 nitrogen and oxygen atoms in total. The Bertz CT molecular complexity index is 1900. The molecule has 12 heteroatoms. The molecule has 0 fully saturated rings. The summed E-state index contributed by atoms with van der Waals surface area (Å²) in [6, 6.07) is 25.4. The zero-order valence-electron chi connectivity index (χ0n) is 29.6. The molecule has 1 aliphatic rings. The summed E-state index contributed by atoms with van der Waals surface area (Å²) in [6.07, 6.45) is 1.60. The van der Waals surface area contributed by atoms with Crippen LogP contribution in [-0.4, -0.2) is 86.9 Å². The zero-order chi connectivity index (χ0) is 36.5. The van der Waals surface area contributed by atoms with Gasteiger partial charge in [0.2, 0.25) is 0 Å². The lowest BCUT2D eigenvalue weighted by molar-refractivity contribution is -0.0115. The Kier molecular flexibility index (Phi) is 12.6. The van der Waals surface area contributed by atoms with Gasteiger partial charge in [0.1, 0.15) is 5.75 Å². The number of anilines is 2. The number of nitrogens with one attached hydrogen (secondary N) is 2. The SMILES string of the molecule is C[C@@H]1CCCCO[C@H](CN(C)C(=O)Nc2cccc3ccccc23)[C@@H](C)CN([C@@H](C)CO)C(=O)c2cc(NS(=O)(=O)c3ccccc3)ccc2O1. The zero-order valence-corrected chi connectivity index (χ0v) is 30.4. The number of hydrogen-bond acceptors (Lipinski definition) is 7. The minimum absolute atomic E-state index is 0.0902. The van der Waals surface area contributed by atoms with E-state index >= 15 is 0 Å². The molecule has 272 valence electrons. The van der Waals surface area contributed by atoms with Crippen LogP contribution < -0.4 is 14.8 Å². The van der Waals surface area contributed by atoms with Gasteiger partial charge in [0.25, 0.3) is 15.9 Å². The van der Waals surface area contributed by atoms with Gasteiger partial charge in [-0.3, -0.25) is 9.52 Å². The fourth-order valence-corrected chi connectivity index (χ4v) is 7.23. The molecule has 0 spiro atoms. The van der Waals surface area contributed by atoms with Crippen molar-refractivity contribution in [2.75, 3.05) is 43.4 Å². The number of hydrogen-bond donors (Lipinski definition) is 3. The van der Waals surface area contributed by atoms with Gasteiger partial charge in [-0.2, -0.15) is 0 Å². The van der Waals surface area contributed by atoms with Crippen molar-refractivity contribution in [3.8, 4) is 5.75 Å². The van der Waals surface area contributed by atoms with Crippen molar-refractivity contribution in [2.45, 2.75) is 63.2 Å². The smallest absolute Gasteiger partial charge is 0.321 e. The van der Waals surface area contributed by atoms with E-state index in [0.29, 0.717) is 24.5 Å². The van der Waals surface area contributed by atoms with Crippen LogP contribution in [0.5, 0.6) is 5.75 Å². The number of nitrogens with zero attached hydrogens (tertiary/aromatic N) is 2. The van der Waals surface area contributed by atoms with Gasteiger partial charge in [-0.25, -0.2) is 13.2 Å². The number of amides is 3. The molecule has 0 saturated heterocycles. The van der Waals surface area contributed by atoms with Crippen LogP contribution in [0.15, 0.2) is 95.9 Å². The van der Waals surface area contributed by atoms with Gasteiger partial charge < -0.3 is 29.7 Å². The Morgan fingerprint density at radius 1 is 1.00 bits per heavy atom. The fourth-order valence-electron chi connectivity index (χ4n) is 6.16. The Morgan fingerprint density at radius 2 is 1.73 bits per heavy atom. The van der Waals surface area contributed by atoms with Crippen molar-refractivity contribution in [1.82, 2.24) is 9.80 Å². The molecule has 1 heterocycles. The van der Waals surface area contributed by atoms with E-state index in [1.54, 1.807) is 54.1 Å². The maximum Gasteiger partial charge on any atom is 0.321 e. The van der Waals surface area contributed by atoms with E-state index in [4.69, 9.17) is 9.47 Å². The molecule has 3 N–H and O–H groups in total. The van der Waals surface area contributed by atoms with E-state index in [0.717, 1.165) is 23.6 Å². The summed E-state index contributed by atoms with van der Waals surface area (Å²) in [6.45, 7) is 6.25. The third-order valence-corrected chi connectivity index (χ3v) is 10.6. The number of rotatable bonds is 8. The molecule has 4 aromatic carbocycles. The van der Waals surface area contributed by atoms with Crippen LogP contribution in [-0.2, 0) is 14.8 Å². The average molecular weight is 717 g/mol. The normalized spacial score (nSPS) is 19.7. The van der Waals surface area contributed by atoms with E-state index in [2.05, 4.69) is 10.0 Å². The summed E-state index contributed by atoms with van der Waals surface area (Å²) in [5.74, 6) is -0.362. The van der Waals surface area contributed by atoms with Crippen LogP contribution >= 0.6 is 0 Å². The van der Waals surface area contributed by atoms with Crippen LogP contribution in [0.4, 0.5) is 16.2 Å². The van der Waals surface area contributed by atoms with Gasteiger partial charge in [-0.15, -0.1) is 0 Å². The maximum absolute atomic E-state index is 14.4. The molecular formula is C39H48N4O7S. The molecule has 0 aromatic heterocycles. The molecule has 51 heavy (non-hydrogen) atoms. The quantitative estimate of drug-likeness (QED) is 0.187. The molecule has 0 bridgehead atoms. The molecule has 0 radical (unpaired) electrons.